The van der Waals surface area contributed by atoms with Crippen LogP contribution in [0.5, 0.6) is 5.75 Å². The number of carboxylic acid groups (broad SMARTS) is 1. The minimum absolute atomic E-state index is 0.0454. The Morgan fingerprint density at radius 2 is 1.79 bits per heavy atom. The number of pyridine rings is 1. The molecule has 0 unspecified atom stereocenters. The predicted octanol–water partition coefficient (Wildman–Crippen LogP) is 3.67. The van der Waals surface area contributed by atoms with E-state index >= 15 is 0 Å². The fourth-order valence-electron chi connectivity index (χ4n) is 4.77. The van der Waals surface area contributed by atoms with Crippen LogP contribution in [0.1, 0.15) is 13.3 Å². The molecule has 0 radical (unpaired) electrons. The van der Waals surface area contributed by atoms with Crippen LogP contribution in [0.15, 0.2) is 71.9 Å². The van der Waals surface area contributed by atoms with Crippen LogP contribution in [0, 0.1) is 0 Å². The number of hydrogen-bond acceptors (Lipinski definition) is 7. The Bertz CT molecular complexity index is 1790. The molecule has 0 spiro atoms. The molecule has 11 nitrogen and oxygen atoms in total. The number of aromatic nitrogens is 2. The zero-order chi connectivity index (χ0) is 31.5. The third-order valence-corrected chi connectivity index (χ3v) is 8.71. The molecule has 43 heavy (non-hydrogen) atoms. The number of carboxylic acids is 1. The van der Waals surface area contributed by atoms with E-state index in [0.29, 0.717) is 30.8 Å². The summed E-state index contributed by atoms with van der Waals surface area (Å²) in [6.07, 6.45) is -1.20. The highest BCUT2D eigenvalue weighted by Crippen LogP contribution is 2.29. The van der Waals surface area contributed by atoms with E-state index in [9.17, 15) is 31.2 Å². The van der Waals surface area contributed by atoms with Gasteiger partial charge in [0.25, 0.3) is 10.0 Å². The summed E-state index contributed by atoms with van der Waals surface area (Å²) >= 11 is 0. The van der Waals surface area contributed by atoms with Gasteiger partial charge >= 0.3 is 12.1 Å². The van der Waals surface area contributed by atoms with Crippen molar-refractivity contribution in [2.75, 3.05) is 20.2 Å². The van der Waals surface area contributed by atoms with E-state index in [2.05, 4.69) is 4.98 Å². The number of likely N-dealkylation sites (tertiary alicyclic amines) is 1. The molecule has 4 aromatic rings. The maximum atomic E-state index is 13.6. The fraction of sp³-hybridized carbons (Fsp3) is 0.286. The fourth-order valence-corrected chi connectivity index (χ4v) is 6.38. The molecule has 1 aliphatic heterocycles. The Kier molecular flexibility index (Phi) is 8.94. The van der Waals surface area contributed by atoms with Crippen molar-refractivity contribution in [1.29, 1.82) is 0 Å². The number of sulfonamides is 1. The number of alkyl halides is 3. The summed E-state index contributed by atoms with van der Waals surface area (Å²) < 4.78 is 66.9. The quantitative estimate of drug-likeness (QED) is 0.330. The van der Waals surface area contributed by atoms with Crippen molar-refractivity contribution in [1.82, 2.24) is 18.8 Å². The second kappa shape index (κ2) is 12.3. The molecule has 1 atom stereocenters. The Balaban J connectivity index is 0.000000541. The van der Waals surface area contributed by atoms with Gasteiger partial charge in [0.2, 0.25) is 11.8 Å². The molecule has 5 rings (SSSR count). The monoisotopic (exact) mass is 620 g/mol. The summed E-state index contributed by atoms with van der Waals surface area (Å²) in [4.78, 5) is 40.7. The first-order chi connectivity index (χ1) is 20.2. The van der Waals surface area contributed by atoms with Crippen LogP contribution in [0.2, 0.25) is 0 Å². The molecule has 15 heteroatoms. The van der Waals surface area contributed by atoms with Gasteiger partial charge in [0.05, 0.1) is 23.0 Å². The summed E-state index contributed by atoms with van der Waals surface area (Å²) in [6.45, 7) is 2.48. The third kappa shape index (κ3) is 6.71. The summed E-state index contributed by atoms with van der Waals surface area (Å²) in [7, 11) is -2.72. The molecule has 2 aromatic heterocycles. The van der Waals surface area contributed by atoms with E-state index in [-0.39, 0.29) is 17.2 Å². The molecule has 0 bridgehead atoms. The van der Waals surface area contributed by atoms with Crippen molar-refractivity contribution in [3.8, 4) is 5.75 Å². The number of aliphatic carboxylic acids is 1. The number of methoxy groups -OCH3 is 1. The van der Waals surface area contributed by atoms with E-state index in [1.165, 1.54) is 26.2 Å². The van der Waals surface area contributed by atoms with Gasteiger partial charge in [-0.15, -0.1) is 0 Å². The van der Waals surface area contributed by atoms with Gasteiger partial charge in [0.15, 0.2) is 0 Å². The Morgan fingerprint density at radius 3 is 2.44 bits per heavy atom. The number of ether oxygens (including phenoxy) is 1. The van der Waals surface area contributed by atoms with E-state index in [4.69, 9.17) is 14.6 Å². The predicted molar refractivity (Wildman–Crippen MR) is 149 cm³/mol. The van der Waals surface area contributed by atoms with Crippen molar-refractivity contribution in [3.05, 3.63) is 67.0 Å². The number of rotatable bonds is 7. The van der Waals surface area contributed by atoms with Gasteiger partial charge in [-0.1, -0.05) is 12.1 Å². The zero-order valence-electron chi connectivity index (χ0n) is 23.0. The molecule has 2 aromatic carbocycles. The topological polar surface area (TPSA) is 139 Å². The molecule has 0 aliphatic carbocycles. The molecule has 1 N–H and O–H groups in total. The maximum Gasteiger partial charge on any atom is 0.490 e. The minimum Gasteiger partial charge on any atom is -0.497 e. The zero-order valence-corrected chi connectivity index (χ0v) is 23.8. The van der Waals surface area contributed by atoms with Crippen LogP contribution in [0.4, 0.5) is 13.2 Å². The van der Waals surface area contributed by atoms with Crippen molar-refractivity contribution >= 4 is 49.6 Å². The number of amides is 2. The lowest BCUT2D eigenvalue weighted by molar-refractivity contribution is -0.192. The molecule has 1 saturated heterocycles. The van der Waals surface area contributed by atoms with Crippen LogP contribution >= 0.6 is 0 Å². The van der Waals surface area contributed by atoms with Gasteiger partial charge in [-0.25, -0.2) is 17.5 Å². The SMILES string of the molecule is COc1ccc2ccc(S(=O)(=O)N(C(C)=O)[C@H]3CCN(CCn4ccc5ncccc54)C3=O)cc2c1.O=C(O)C(F)(F)F. The molecule has 2 amide bonds. The molecule has 1 aliphatic rings. The van der Waals surface area contributed by atoms with Crippen molar-refractivity contribution in [2.24, 2.45) is 0 Å². The Morgan fingerprint density at radius 1 is 1.09 bits per heavy atom. The lowest BCUT2D eigenvalue weighted by Crippen LogP contribution is -2.47. The van der Waals surface area contributed by atoms with Gasteiger partial charge in [0.1, 0.15) is 11.8 Å². The minimum atomic E-state index is -5.08. The van der Waals surface area contributed by atoms with E-state index in [0.717, 1.165) is 20.7 Å². The van der Waals surface area contributed by atoms with Crippen molar-refractivity contribution < 1.29 is 45.8 Å². The largest absolute Gasteiger partial charge is 0.497 e. The number of carbonyl (C=O) groups excluding carboxylic acids is 2. The molecular weight excluding hydrogens is 593 g/mol. The van der Waals surface area contributed by atoms with Crippen molar-refractivity contribution in [3.63, 3.8) is 0 Å². The second-order valence-corrected chi connectivity index (χ2v) is 11.4. The standard InChI is InChI=1S/C26H26N4O5S.C2HF3O2/c1-18(31)30(36(33,34)22-8-6-19-5-7-21(35-2)16-20(19)17-22)25-10-13-29(26(25)32)15-14-28-12-9-23-24(28)4-3-11-27-23;3-2(4,5)1(6)7/h3-9,11-12,16-17,25H,10,13-15H2,1-2H3;(H,6,7)/t25-;/m0./s1. The van der Waals surface area contributed by atoms with E-state index < -0.39 is 34.1 Å². The van der Waals surface area contributed by atoms with Crippen LogP contribution in [-0.2, 0) is 31.0 Å². The number of halogens is 3. The normalized spacial score (nSPS) is 15.3. The molecule has 1 fully saturated rings. The Labute approximate surface area is 244 Å². The van der Waals surface area contributed by atoms with Crippen LogP contribution in [0.25, 0.3) is 21.8 Å². The molecule has 0 saturated carbocycles. The number of fused-ring (bicyclic) bond motifs is 2. The number of hydrogen-bond donors (Lipinski definition) is 1. The number of benzene rings is 2. The summed E-state index contributed by atoms with van der Waals surface area (Å²) in [5.74, 6) is -3.23. The van der Waals surface area contributed by atoms with Crippen LogP contribution in [0.3, 0.4) is 0 Å². The Hall–Kier alpha value is -4.66. The molecule has 228 valence electrons. The van der Waals surface area contributed by atoms with E-state index in [1.807, 2.05) is 35.0 Å². The highest BCUT2D eigenvalue weighted by Gasteiger charge is 2.43. The number of nitrogens with zero attached hydrogens (tertiary/aromatic N) is 4. The lowest BCUT2D eigenvalue weighted by atomic mass is 10.1. The van der Waals surface area contributed by atoms with E-state index in [1.54, 1.807) is 29.3 Å². The van der Waals surface area contributed by atoms with Gasteiger partial charge < -0.3 is 19.3 Å². The van der Waals surface area contributed by atoms with Gasteiger partial charge in [0, 0.05) is 39.0 Å². The first-order valence-electron chi connectivity index (χ1n) is 12.9. The third-order valence-electron chi connectivity index (χ3n) is 6.83. The summed E-state index contributed by atoms with van der Waals surface area (Å²) in [5, 5.41) is 8.62. The highest BCUT2D eigenvalue weighted by molar-refractivity contribution is 7.89. The summed E-state index contributed by atoms with van der Waals surface area (Å²) in [6, 6.07) is 14.6. The van der Waals surface area contributed by atoms with Crippen LogP contribution < -0.4 is 4.74 Å². The first-order valence-corrected chi connectivity index (χ1v) is 14.3. The second-order valence-electron chi connectivity index (χ2n) is 9.54. The summed E-state index contributed by atoms with van der Waals surface area (Å²) in [5.41, 5.74) is 1.83. The highest BCUT2D eigenvalue weighted by atomic mass is 32.2. The maximum absolute atomic E-state index is 13.6. The molecular formula is C28H27F3N4O7S. The van der Waals surface area contributed by atoms with Gasteiger partial charge in [-0.05, 0) is 59.7 Å². The van der Waals surface area contributed by atoms with Gasteiger partial charge in [-0.2, -0.15) is 13.2 Å². The van der Waals surface area contributed by atoms with Gasteiger partial charge in [-0.3, -0.25) is 14.6 Å². The average molecular weight is 621 g/mol. The van der Waals surface area contributed by atoms with Crippen molar-refractivity contribution in [2.45, 2.75) is 37.0 Å². The molecule has 3 heterocycles. The first kappa shape index (κ1) is 31.3. The van der Waals surface area contributed by atoms with Crippen LogP contribution in [-0.4, -0.2) is 82.5 Å². The lowest BCUT2D eigenvalue weighted by Gasteiger charge is -2.26. The average Bonchev–Trinajstić information content (AvgIpc) is 3.53. The smallest absolute Gasteiger partial charge is 0.490 e. The number of carbonyl (C=O) groups is 3.